The van der Waals surface area contributed by atoms with Crippen molar-refractivity contribution in [1.82, 2.24) is 0 Å². The molecule has 2 aromatic carbocycles. The molecule has 0 aliphatic heterocycles. The van der Waals surface area contributed by atoms with E-state index in [-0.39, 0.29) is 12.5 Å². The molecule has 5 nitrogen and oxygen atoms in total. The second-order valence-electron chi connectivity index (χ2n) is 5.04. The lowest BCUT2D eigenvalue weighted by molar-refractivity contribution is -0.117. The second kappa shape index (κ2) is 7.26. The van der Waals surface area contributed by atoms with Crippen LogP contribution in [-0.2, 0) is 16.1 Å². The molecule has 2 aromatic rings. The molecule has 5 heteroatoms. The summed E-state index contributed by atoms with van der Waals surface area (Å²) >= 11 is 0. The second-order valence-corrected chi connectivity index (χ2v) is 5.04. The molecular formula is C17H19N3O2. The molecule has 114 valence electrons. The van der Waals surface area contributed by atoms with E-state index in [0.717, 1.165) is 11.3 Å². The highest BCUT2D eigenvalue weighted by Crippen LogP contribution is 2.21. The fourth-order valence-electron chi connectivity index (χ4n) is 2.21. The molecule has 2 rings (SSSR count). The van der Waals surface area contributed by atoms with Crippen LogP contribution in [0.25, 0.3) is 0 Å². The molecule has 0 aliphatic carbocycles. The summed E-state index contributed by atoms with van der Waals surface area (Å²) in [5.74, 6) is -0.539. The van der Waals surface area contributed by atoms with E-state index >= 15 is 0 Å². The van der Waals surface area contributed by atoms with Crippen molar-refractivity contribution in [3.63, 3.8) is 0 Å². The highest BCUT2D eigenvalue weighted by atomic mass is 16.1. The average molecular weight is 297 g/mol. The van der Waals surface area contributed by atoms with Crippen LogP contribution in [0.5, 0.6) is 0 Å². The highest BCUT2D eigenvalue weighted by molar-refractivity contribution is 5.89. The van der Waals surface area contributed by atoms with Gasteiger partial charge in [0, 0.05) is 24.8 Å². The third-order valence-electron chi connectivity index (χ3n) is 3.09. The van der Waals surface area contributed by atoms with Crippen molar-refractivity contribution in [2.75, 3.05) is 16.8 Å². The predicted octanol–water partition coefficient (Wildman–Crippen LogP) is 2.14. The number of benzene rings is 2. The summed E-state index contributed by atoms with van der Waals surface area (Å²) in [6.45, 7) is 2.13. The first-order chi connectivity index (χ1) is 10.5. The summed E-state index contributed by atoms with van der Waals surface area (Å²) < 4.78 is 0. The van der Waals surface area contributed by atoms with Gasteiger partial charge in [0.1, 0.15) is 0 Å². The predicted molar refractivity (Wildman–Crippen MR) is 87.4 cm³/mol. The molecule has 0 atom stereocenters. The van der Waals surface area contributed by atoms with Crippen molar-refractivity contribution >= 4 is 23.2 Å². The summed E-state index contributed by atoms with van der Waals surface area (Å²) in [4.78, 5) is 24.4. The van der Waals surface area contributed by atoms with Gasteiger partial charge in [-0.2, -0.15) is 0 Å². The molecule has 0 radical (unpaired) electrons. The lowest BCUT2D eigenvalue weighted by Gasteiger charge is -2.24. The maximum absolute atomic E-state index is 11.3. The summed E-state index contributed by atoms with van der Waals surface area (Å²) in [5, 5.41) is 2.74. The molecule has 2 amide bonds. The Kier molecular flexibility index (Phi) is 5.14. The van der Waals surface area contributed by atoms with Gasteiger partial charge in [0.25, 0.3) is 0 Å². The van der Waals surface area contributed by atoms with Crippen LogP contribution in [0.1, 0.15) is 12.5 Å². The van der Waals surface area contributed by atoms with Crippen LogP contribution in [0.3, 0.4) is 0 Å². The van der Waals surface area contributed by atoms with E-state index in [4.69, 9.17) is 5.73 Å². The molecule has 0 fully saturated rings. The van der Waals surface area contributed by atoms with Crippen molar-refractivity contribution < 1.29 is 9.59 Å². The third-order valence-corrected chi connectivity index (χ3v) is 3.09. The minimum absolute atomic E-state index is 0.110. The van der Waals surface area contributed by atoms with Crippen LogP contribution < -0.4 is 16.0 Å². The Labute approximate surface area is 129 Å². The normalized spacial score (nSPS) is 10.0. The highest BCUT2D eigenvalue weighted by Gasteiger charge is 2.11. The molecule has 0 bridgehead atoms. The third kappa shape index (κ3) is 4.63. The summed E-state index contributed by atoms with van der Waals surface area (Å²) in [6.07, 6.45) is 0. The first kappa shape index (κ1) is 15.6. The Hall–Kier alpha value is -2.82. The van der Waals surface area contributed by atoms with E-state index in [1.54, 1.807) is 6.07 Å². The van der Waals surface area contributed by atoms with Crippen molar-refractivity contribution in [3.05, 3.63) is 60.2 Å². The number of anilines is 2. The van der Waals surface area contributed by atoms with Gasteiger partial charge in [0.2, 0.25) is 11.8 Å². The zero-order valence-electron chi connectivity index (χ0n) is 12.5. The Morgan fingerprint density at radius 1 is 1.09 bits per heavy atom. The maximum Gasteiger partial charge on any atom is 0.236 e. The number of amides is 2. The number of hydrogen-bond acceptors (Lipinski definition) is 3. The van der Waals surface area contributed by atoms with Gasteiger partial charge in [0.05, 0.1) is 6.54 Å². The zero-order chi connectivity index (χ0) is 15.9. The number of carbonyl (C=O) groups excluding carboxylic acids is 2. The summed E-state index contributed by atoms with van der Waals surface area (Å²) in [7, 11) is 0. The molecule has 0 saturated carbocycles. The van der Waals surface area contributed by atoms with Gasteiger partial charge in [-0.3, -0.25) is 9.59 Å². The van der Waals surface area contributed by atoms with E-state index in [1.807, 2.05) is 53.4 Å². The zero-order valence-corrected chi connectivity index (χ0v) is 12.5. The first-order valence-electron chi connectivity index (χ1n) is 6.99. The van der Waals surface area contributed by atoms with Crippen LogP contribution in [0.2, 0.25) is 0 Å². The number of nitrogens with two attached hydrogens (primary N) is 1. The van der Waals surface area contributed by atoms with E-state index in [2.05, 4.69) is 5.32 Å². The number of nitrogens with zero attached hydrogens (tertiary/aromatic N) is 1. The van der Waals surface area contributed by atoms with Gasteiger partial charge < -0.3 is 16.0 Å². The van der Waals surface area contributed by atoms with E-state index in [1.165, 1.54) is 6.92 Å². The quantitative estimate of drug-likeness (QED) is 0.857. The minimum atomic E-state index is -0.402. The number of primary amides is 1. The molecule has 0 spiro atoms. The van der Waals surface area contributed by atoms with Gasteiger partial charge in [-0.1, -0.05) is 36.4 Å². The Morgan fingerprint density at radius 3 is 2.45 bits per heavy atom. The molecule has 0 aliphatic rings. The van der Waals surface area contributed by atoms with Crippen LogP contribution in [0.4, 0.5) is 11.4 Å². The summed E-state index contributed by atoms with van der Waals surface area (Å²) in [6, 6.07) is 17.2. The van der Waals surface area contributed by atoms with Gasteiger partial charge in [-0.05, 0) is 23.8 Å². The molecule has 0 unspecified atom stereocenters. The average Bonchev–Trinajstić information content (AvgIpc) is 2.47. The molecule has 0 saturated heterocycles. The van der Waals surface area contributed by atoms with E-state index in [0.29, 0.717) is 12.2 Å². The monoisotopic (exact) mass is 297 g/mol. The Morgan fingerprint density at radius 2 is 1.82 bits per heavy atom. The Balaban J connectivity index is 2.24. The van der Waals surface area contributed by atoms with Crippen molar-refractivity contribution in [2.45, 2.75) is 13.5 Å². The lowest BCUT2D eigenvalue weighted by atomic mass is 10.2. The van der Waals surface area contributed by atoms with Gasteiger partial charge in [-0.15, -0.1) is 0 Å². The number of carbonyl (C=O) groups is 2. The van der Waals surface area contributed by atoms with Crippen LogP contribution >= 0.6 is 0 Å². The number of hydrogen-bond donors (Lipinski definition) is 2. The summed E-state index contributed by atoms with van der Waals surface area (Å²) in [5.41, 5.74) is 7.95. The van der Waals surface area contributed by atoms with Crippen molar-refractivity contribution in [3.8, 4) is 0 Å². The topological polar surface area (TPSA) is 75.4 Å². The molecular weight excluding hydrogens is 278 g/mol. The number of nitrogens with one attached hydrogen (secondary N) is 1. The van der Waals surface area contributed by atoms with E-state index < -0.39 is 5.91 Å². The molecule has 0 heterocycles. The minimum Gasteiger partial charge on any atom is -0.368 e. The fourth-order valence-corrected chi connectivity index (χ4v) is 2.21. The van der Waals surface area contributed by atoms with Crippen LogP contribution in [-0.4, -0.2) is 18.4 Å². The molecule has 3 N–H and O–H groups in total. The smallest absolute Gasteiger partial charge is 0.236 e. The standard InChI is InChI=1S/C17H19N3O2/c1-13(21)19-15-8-5-9-16(10-15)20(12-17(18)22)11-14-6-3-2-4-7-14/h2-10H,11-12H2,1H3,(H2,18,22)(H,19,21). The van der Waals surface area contributed by atoms with Gasteiger partial charge >= 0.3 is 0 Å². The first-order valence-corrected chi connectivity index (χ1v) is 6.99. The Bertz CT molecular complexity index is 656. The largest absolute Gasteiger partial charge is 0.368 e. The van der Waals surface area contributed by atoms with Crippen LogP contribution in [0, 0.1) is 0 Å². The maximum atomic E-state index is 11.3. The lowest BCUT2D eigenvalue weighted by Crippen LogP contribution is -2.33. The fraction of sp³-hybridized carbons (Fsp3) is 0.176. The number of rotatable bonds is 6. The van der Waals surface area contributed by atoms with Crippen molar-refractivity contribution in [2.24, 2.45) is 5.73 Å². The SMILES string of the molecule is CC(=O)Nc1cccc(N(CC(N)=O)Cc2ccccc2)c1. The van der Waals surface area contributed by atoms with Gasteiger partial charge in [0.15, 0.2) is 0 Å². The van der Waals surface area contributed by atoms with E-state index in [9.17, 15) is 9.59 Å². The van der Waals surface area contributed by atoms with Crippen LogP contribution in [0.15, 0.2) is 54.6 Å². The molecule has 22 heavy (non-hydrogen) atoms. The van der Waals surface area contributed by atoms with Gasteiger partial charge in [-0.25, -0.2) is 0 Å². The molecule has 0 aromatic heterocycles. The van der Waals surface area contributed by atoms with Crippen molar-refractivity contribution in [1.29, 1.82) is 0 Å².